The normalized spacial score (nSPS) is 10.4. The fourth-order valence-corrected chi connectivity index (χ4v) is 5.83. The number of nitrogens with zero attached hydrogens (tertiary/aromatic N) is 7. The van der Waals surface area contributed by atoms with Crippen LogP contribution in [0.25, 0.3) is 55.0 Å². The average Bonchev–Trinajstić information content (AvgIpc) is 3.91. The summed E-state index contributed by atoms with van der Waals surface area (Å²) in [5, 5.41) is 42.8. The van der Waals surface area contributed by atoms with Gasteiger partial charge in [-0.25, -0.2) is 24.6 Å². The smallest absolute Gasteiger partial charge is 0.696 e. The van der Waals surface area contributed by atoms with Crippen LogP contribution >= 0.6 is 11.3 Å². The van der Waals surface area contributed by atoms with E-state index in [0.717, 1.165) is 26.9 Å². The molecule has 1 aromatic carbocycles. The molecule has 3 N–H and O–H groups in total. The molecular formula is C38H22F3N7O6RuS2. The van der Waals surface area contributed by atoms with Crippen LogP contribution in [-0.4, -0.2) is 58.3 Å². The Balaban J connectivity index is 0.000000233. The summed E-state index contributed by atoms with van der Waals surface area (Å²) < 4.78 is 37.9. The summed E-state index contributed by atoms with van der Waals surface area (Å²) >= 11 is 5.33. The van der Waals surface area contributed by atoms with Crippen LogP contribution in [0.15, 0.2) is 116 Å². The van der Waals surface area contributed by atoms with Gasteiger partial charge in [0, 0.05) is 39.6 Å². The number of thiocyanates is 1. The summed E-state index contributed by atoms with van der Waals surface area (Å²) in [4.78, 5) is 52.5. The van der Waals surface area contributed by atoms with E-state index in [0.29, 0.717) is 5.69 Å². The molecule has 6 aromatic heterocycles. The fourth-order valence-electron chi connectivity index (χ4n) is 4.82. The molecule has 0 aliphatic carbocycles. The van der Waals surface area contributed by atoms with E-state index in [-0.39, 0.29) is 64.6 Å². The standard InChI is InChI=1S/C19H11F3N3S.C18H11N3O6.CHNS.Ru/c20-19(21,22)18-10-15(24-25-18)14-7-6-13(11-23-14)17-9-8-16(26-17)12-4-2-1-3-5-12;22-16(23)9-1-3-19-12(5-9)14-7-11(18(26)27)8-15(21-14)13-6-10(17(24)25)2-4-20-13;2-1-3;/h1-11H;1-8H,(H,22,23)(H,24,25)(H,26,27);3H;/q-1;;;+2/p-1. The predicted molar refractivity (Wildman–Crippen MR) is 199 cm³/mol. The summed E-state index contributed by atoms with van der Waals surface area (Å²) in [7, 11) is 0. The Labute approximate surface area is 342 Å². The van der Waals surface area contributed by atoms with E-state index in [4.69, 9.17) is 15.5 Å². The zero-order chi connectivity index (χ0) is 40.4. The number of thiophene rings is 1. The van der Waals surface area contributed by atoms with E-state index < -0.39 is 29.8 Å². The van der Waals surface area contributed by atoms with Crippen LogP contribution in [0.2, 0.25) is 0 Å². The molecule has 0 atom stereocenters. The van der Waals surface area contributed by atoms with Crippen molar-refractivity contribution >= 4 is 41.9 Å². The van der Waals surface area contributed by atoms with Crippen LogP contribution < -0.4 is 5.10 Å². The number of benzene rings is 1. The van der Waals surface area contributed by atoms with Crippen molar-refractivity contribution in [2.75, 3.05) is 0 Å². The number of nitriles is 1. The monoisotopic (exact) mass is 895 g/mol. The van der Waals surface area contributed by atoms with E-state index in [1.165, 1.54) is 54.2 Å². The first-order chi connectivity index (χ1) is 26.8. The van der Waals surface area contributed by atoms with Gasteiger partial charge >= 0.3 is 43.6 Å². The Kier molecular flexibility index (Phi) is 14.5. The van der Waals surface area contributed by atoms with Crippen LogP contribution in [0.3, 0.4) is 0 Å². The third kappa shape index (κ3) is 11.2. The molecule has 0 unspecified atom stereocenters. The van der Waals surface area contributed by atoms with Crippen molar-refractivity contribution in [2.24, 2.45) is 0 Å². The molecule has 0 radical (unpaired) electrons. The first-order valence-electron chi connectivity index (χ1n) is 15.6. The van der Waals surface area contributed by atoms with E-state index >= 15 is 0 Å². The Morgan fingerprint density at radius 2 is 1.18 bits per heavy atom. The predicted octanol–water partition coefficient (Wildman–Crippen LogP) is 7.83. The maximum Gasteiger partial charge on any atom is 2.00 e. The maximum atomic E-state index is 12.6. The van der Waals surface area contributed by atoms with Gasteiger partial charge in [0.15, 0.2) is 0 Å². The van der Waals surface area contributed by atoms with Crippen LogP contribution in [-0.2, 0) is 38.3 Å². The minimum Gasteiger partial charge on any atom is -0.696 e. The van der Waals surface area contributed by atoms with Crippen molar-refractivity contribution < 1.29 is 62.4 Å². The number of carbonyl (C=O) groups is 3. The SMILES string of the molecule is FC(F)(F)c1cc(-c2ccc(-c3ccc(-c4ccccc4)s3)cn2)[n-]n1.N#C[S-].O=C(O)c1ccnc(-c2cc(C(=O)O)cc(-c3cc(C(=O)O)ccn3)n2)c1.[Ru+2]. The zero-order valence-electron chi connectivity index (χ0n) is 28.5. The number of rotatable bonds is 8. The second kappa shape index (κ2) is 19.2. The molecule has 286 valence electrons. The van der Waals surface area contributed by atoms with Gasteiger partial charge in [0.05, 0.1) is 39.5 Å². The molecule has 57 heavy (non-hydrogen) atoms. The van der Waals surface area contributed by atoms with Crippen LogP contribution in [0.5, 0.6) is 0 Å². The van der Waals surface area contributed by atoms with Crippen LogP contribution in [0.4, 0.5) is 13.2 Å². The van der Waals surface area contributed by atoms with Crippen molar-refractivity contribution in [2.45, 2.75) is 6.18 Å². The number of aromatic carboxylic acids is 3. The number of halogens is 3. The van der Waals surface area contributed by atoms with Gasteiger partial charge in [0.2, 0.25) is 0 Å². The molecule has 13 nitrogen and oxygen atoms in total. The van der Waals surface area contributed by atoms with Gasteiger partial charge in [-0.15, -0.1) is 11.3 Å². The third-order valence-corrected chi connectivity index (χ3v) is 8.60. The van der Waals surface area contributed by atoms with Gasteiger partial charge in [0.1, 0.15) is 5.69 Å². The summed E-state index contributed by atoms with van der Waals surface area (Å²) in [6.07, 6.45) is -0.318. The molecule has 0 aliphatic heterocycles. The largest absolute Gasteiger partial charge is 2.00 e. The Morgan fingerprint density at radius 3 is 1.63 bits per heavy atom. The van der Waals surface area contributed by atoms with Crippen molar-refractivity contribution in [3.8, 4) is 60.4 Å². The number of aromatic nitrogens is 6. The second-order valence-corrected chi connectivity index (χ2v) is 12.3. The van der Waals surface area contributed by atoms with Crippen molar-refractivity contribution in [1.82, 2.24) is 30.1 Å². The molecular weight excluding hydrogens is 873 g/mol. The number of hydrogen-bond donors (Lipinski definition) is 3. The minimum atomic E-state index is -4.50. The maximum absolute atomic E-state index is 12.6. The molecule has 0 bridgehead atoms. The molecule has 0 spiro atoms. The van der Waals surface area contributed by atoms with Crippen LogP contribution in [0.1, 0.15) is 36.8 Å². The zero-order valence-corrected chi connectivity index (χ0v) is 31.8. The van der Waals surface area contributed by atoms with Crippen molar-refractivity contribution in [3.63, 3.8) is 0 Å². The van der Waals surface area contributed by atoms with Gasteiger partial charge in [-0.05, 0) is 72.3 Å². The third-order valence-electron chi connectivity index (χ3n) is 7.42. The summed E-state index contributed by atoms with van der Waals surface area (Å²) in [6.45, 7) is 0. The molecule has 6 heterocycles. The number of alkyl halides is 3. The molecule has 19 heteroatoms. The quantitative estimate of drug-likeness (QED) is 0.0754. The van der Waals surface area contributed by atoms with Gasteiger partial charge in [-0.2, -0.15) is 13.2 Å². The second-order valence-electron chi connectivity index (χ2n) is 11.1. The first kappa shape index (κ1) is 43.0. The van der Waals surface area contributed by atoms with Gasteiger partial charge < -0.3 is 38.1 Å². The van der Waals surface area contributed by atoms with E-state index in [1.54, 1.807) is 23.6 Å². The van der Waals surface area contributed by atoms with Crippen molar-refractivity contribution in [3.05, 3.63) is 138 Å². The molecule has 7 rings (SSSR count). The first-order valence-corrected chi connectivity index (χ1v) is 16.9. The minimum absolute atomic E-state index is 0. The molecule has 0 saturated carbocycles. The van der Waals surface area contributed by atoms with Gasteiger partial charge in [0.25, 0.3) is 0 Å². The molecule has 0 fully saturated rings. The summed E-state index contributed by atoms with van der Waals surface area (Å²) in [5.74, 6) is -3.56. The Bertz CT molecular complexity index is 2490. The Hall–Kier alpha value is -6.74. The number of carboxylic acid groups (broad SMARTS) is 3. The number of hydrogen-bond acceptors (Lipinski definition) is 11. The molecule has 0 amide bonds. The molecule has 0 aliphatic rings. The fraction of sp³-hybridized carbons (Fsp3) is 0.0263. The van der Waals surface area contributed by atoms with Gasteiger partial charge in [-0.1, -0.05) is 41.4 Å². The van der Waals surface area contributed by atoms with Gasteiger partial charge in [-0.3, -0.25) is 15.0 Å². The van der Waals surface area contributed by atoms with E-state index in [1.807, 2.05) is 48.5 Å². The Morgan fingerprint density at radius 1 is 0.667 bits per heavy atom. The topological polar surface area (TPSA) is 214 Å². The average molecular weight is 895 g/mol. The number of pyridine rings is 4. The summed E-state index contributed by atoms with van der Waals surface area (Å²) in [6, 6.07) is 26.1. The number of carboxylic acids is 3. The van der Waals surface area contributed by atoms with E-state index in [2.05, 4.69) is 42.8 Å². The molecule has 7 aromatic rings. The van der Waals surface area contributed by atoms with E-state index in [9.17, 15) is 32.7 Å². The van der Waals surface area contributed by atoms with Crippen LogP contribution in [0, 0.1) is 10.7 Å². The summed E-state index contributed by atoms with van der Waals surface area (Å²) in [5.41, 5.74) is 1.87. The molecule has 0 saturated heterocycles. The van der Waals surface area contributed by atoms with Crippen molar-refractivity contribution in [1.29, 1.82) is 5.26 Å².